The third kappa shape index (κ3) is 4.39. The quantitative estimate of drug-likeness (QED) is 0.395. The molecule has 0 aliphatic carbocycles. The number of fused-ring (bicyclic) bond motifs is 1. The Kier molecular flexibility index (Phi) is 5.92. The number of hydrogen-bond acceptors (Lipinski definition) is 4. The first-order valence-electron chi connectivity index (χ1n) is 11.0. The molecule has 1 amide bonds. The zero-order chi connectivity index (χ0) is 22.8. The molecule has 0 saturated carbocycles. The van der Waals surface area contributed by atoms with E-state index in [-0.39, 0.29) is 17.3 Å². The van der Waals surface area contributed by atoms with Gasteiger partial charge in [0.15, 0.2) is 0 Å². The van der Waals surface area contributed by atoms with Gasteiger partial charge in [-0.05, 0) is 43.7 Å². The number of aromatic nitrogens is 2. The van der Waals surface area contributed by atoms with Gasteiger partial charge in [0.25, 0.3) is 0 Å². The average molecular weight is 456 g/mol. The van der Waals surface area contributed by atoms with Crippen LogP contribution in [0.25, 0.3) is 16.9 Å². The fourth-order valence-electron chi connectivity index (χ4n) is 4.03. The zero-order valence-corrected chi connectivity index (χ0v) is 19.4. The number of rotatable bonds is 5. The molecule has 166 valence electrons. The van der Waals surface area contributed by atoms with Crippen LogP contribution in [0.2, 0.25) is 0 Å². The molecule has 0 unspecified atom stereocenters. The van der Waals surface area contributed by atoms with Crippen molar-refractivity contribution in [1.29, 1.82) is 0 Å². The normalized spacial score (nSPS) is 15.6. The van der Waals surface area contributed by atoms with Gasteiger partial charge in [0.1, 0.15) is 11.6 Å². The molecule has 5 rings (SSSR count). The Morgan fingerprint density at radius 1 is 0.970 bits per heavy atom. The second kappa shape index (κ2) is 9.16. The summed E-state index contributed by atoms with van der Waals surface area (Å²) >= 11 is 1.62. The smallest absolute Gasteiger partial charge is 0.235 e. The molecular formula is C27H25N3O2S. The Morgan fingerprint density at radius 3 is 2.30 bits per heavy atom. The lowest BCUT2D eigenvalue weighted by molar-refractivity contribution is -0.113. The van der Waals surface area contributed by atoms with Crippen LogP contribution in [-0.4, -0.2) is 27.5 Å². The summed E-state index contributed by atoms with van der Waals surface area (Å²) in [6.45, 7) is 4.03. The molecule has 0 radical (unpaired) electrons. The highest BCUT2D eigenvalue weighted by Crippen LogP contribution is 2.47. The number of para-hydroxylation sites is 1. The van der Waals surface area contributed by atoms with Crippen LogP contribution in [0.15, 0.2) is 84.9 Å². The highest BCUT2D eigenvalue weighted by molar-refractivity contribution is 8.00. The first-order valence-corrected chi connectivity index (χ1v) is 12.1. The standard InChI is InChI=1S/C27H25N3O2S/c1-18(2)32-22-15-13-20(14-16-22)26-24-25(19-9-5-3-6-10-19)29-30(21-11-7-4-8-12-21)27(24)28-23(31)17-33-26/h3-16,18,26H,17H2,1-2H3,(H,28,31)/t26-/m0/s1. The average Bonchev–Trinajstić information content (AvgIpc) is 3.10. The first kappa shape index (κ1) is 21.3. The van der Waals surface area contributed by atoms with Gasteiger partial charge in [-0.25, -0.2) is 4.68 Å². The zero-order valence-electron chi connectivity index (χ0n) is 18.6. The number of anilines is 1. The van der Waals surface area contributed by atoms with Gasteiger partial charge in [0, 0.05) is 11.1 Å². The van der Waals surface area contributed by atoms with E-state index in [1.165, 1.54) is 0 Å². The molecule has 5 nitrogen and oxygen atoms in total. The number of nitrogens with one attached hydrogen (secondary N) is 1. The highest BCUT2D eigenvalue weighted by Gasteiger charge is 2.32. The van der Waals surface area contributed by atoms with Gasteiger partial charge in [-0.2, -0.15) is 5.10 Å². The molecule has 0 saturated heterocycles. The fourth-order valence-corrected chi connectivity index (χ4v) is 5.16. The number of carbonyl (C=O) groups is 1. The van der Waals surface area contributed by atoms with Gasteiger partial charge >= 0.3 is 0 Å². The number of thioether (sulfide) groups is 1. The van der Waals surface area contributed by atoms with Gasteiger partial charge in [0.05, 0.1) is 28.5 Å². The van der Waals surface area contributed by atoms with Gasteiger partial charge in [-0.3, -0.25) is 4.79 Å². The molecule has 4 aromatic rings. The van der Waals surface area contributed by atoms with E-state index < -0.39 is 0 Å². The van der Waals surface area contributed by atoms with Crippen LogP contribution in [-0.2, 0) is 4.79 Å². The minimum Gasteiger partial charge on any atom is -0.491 e. The summed E-state index contributed by atoms with van der Waals surface area (Å²) < 4.78 is 7.68. The van der Waals surface area contributed by atoms with E-state index in [1.807, 2.05) is 79.2 Å². The van der Waals surface area contributed by atoms with Crippen molar-refractivity contribution in [1.82, 2.24) is 9.78 Å². The van der Waals surface area contributed by atoms with Crippen LogP contribution >= 0.6 is 11.8 Å². The molecule has 2 heterocycles. The number of benzene rings is 3. The topological polar surface area (TPSA) is 56.1 Å². The van der Waals surface area contributed by atoms with Crippen molar-refractivity contribution in [3.63, 3.8) is 0 Å². The van der Waals surface area contributed by atoms with Crippen molar-refractivity contribution >= 4 is 23.5 Å². The van der Waals surface area contributed by atoms with Crippen LogP contribution in [0, 0.1) is 0 Å². The Labute approximate surface area is 197 Å². The van der Waals surface area contributed by atoms with Crippen LogP contribution in [0.3, 0.4) is 0 Å². The molecule has 1 atom stereocenters. The predicted octanol–water partition coefficient (Wildman–Crippen LogP) is 6.10. The van der Waals surface area contributed by atoms with E-state index >= 15 is 0 Å². The van der Waals surface area contributed by atoms with Crippen LogP contribution < -0.4 is 10.1 Å². The first-order chi connectivity index (χ1) is 16.1. The maximum absolute atomic E-state index is 12.7. The number of carbonyl (C=O) groups excluding carboxylic acids is 1. The predicted molar refractivity (Wildman–Crippen MR) is 134 cm³/mol. The number of nitrogens with zero attached hydrogens (tertiary/aromatic N) is 2. The monoisotopic (exact) mass is 455 g/mol. The Hall–Kier alpha value is -3.51. The van der Waals surface area contributed by atoms with Gasteiger partial charge < -0.3 is 10.1 Å². The minimum atomic E-state index is -0.0558. The summed E-state index contributed by atoms with van der Waals surface area (Å²) in [4.78, 5) is 12.7. The van der Waals surface area contributed by atoms with Crippen LogP contribution in [0.1, 0.15) is 30.2 Å². The van der Waals surface area contributed by atoms with E-state index in [2.05, 4.69) is 29.6 Å². The van der Waals surface area contributed by atoms with Crippen molar-refractivity contribution in [2.75, 3.05) is 11.1 Å². The molecule has 0 spiro atoms. The van der Waals surface area contributed by atoms with Gasteiger partial charge in [-0.1, -0.05) is 60.7 Å². The number of ether oxygens (including phenoxy) is 1. The summed E-state index contributed by atoms with van der Waals surface area (Å²) in [5.74, 6) is 1.90. The molecule has 6 heteroatoms. The molecule has 0 bridgehead atoms. The van der Waals surface area contributed by atoms with Crippen molar-refractivity contribution in [2.24, 2.45) is 0 Å². The lowest BCUT2D eigenvalue weighted by Gasteiger charge is -2.17. The van der Waals surface area contributed by atoms with E-state index in [9.17, 15) is 4.79 Å². The van der Waals surface area contributed by atoms with Crippen molar-refractivity contribution in [3.05, 3.63) is 96.1 Å². The number of amides is 1. The Bertz CT molecular complexity index is 1250. The summed E-state index contributed by atoms with van der Waals surface area (Å²) in [6.07, 6.45) is 0.116. The molecule has 0 fully saturated rings. The lowest BCUT2D eigenvalue weighted by Crippen LogP contribution is -2.15. The minimum absolute atomic E-state index is 0.0276. The van der Waals surface area contributed by atoms with Crippen LogP contribution in [0.4, 0.5) is 5.82 Å². The summed E-state index contributed by atoms with van der Waals surface area (Å²) in [6, 6.07) is 28.2. The van der Waals surface area contributed by atoms with Crippen molar-refractivity contribution in [3.8, 4) is 22.7 Å². The summed E-state index contributed by atoms with van der Waals surface area (Å²) in [5.41, 5.74) is 4.92. The SMILES string of the molecule is CC(C)Oc1ccc([C@@H]2SCC(=O)Nc3c2c(-c2ccccc2)nn3-c2ccccc2)cc1. The van der Waals surface area contributed by atoms with Crippen molar-refractivity contribution < 1.29 is 9.53 Å². The lowest BCUT2D eigenvalue weighted by atomic mass is 10.00. The van der Waals surface area contributed by atoms with E-state index in [0.29, 0.717) is 5.75 Å². The maximum atomic E-state index is 12.7. The third-order valence-corrected chi connectivity index (χ3v) is 6.70. The second-order valence-electron chi connectivity index (χ2n) is 8.20. The third-order valence-electron chi connectivity index (χ3n) is 5.43. The van der Waals surface area contributed by atoms with Crippen LogP contribution in [0.5, 0.6) is 5.75 Å². The molecule has 1 aliphatic rings. The second-order valence-corrected chi connectivity index (χ2v) is 9.29. The largest absolute Gasteiger partial charge is 0.491 e. The molecule has 1 aliphatic heterocycles. The van der Waals surface area contributed by atoms with Crippen molar-refractivity contribution in [2.45, 2.75) is 25.2 Å². The fraction of sp³-hybridized carbons (Fsp3) is 0.185. The highest BCUT2D eigenvalue weighted by atomic mass is 32.2. The molecule has 1 N–H and O–H groups in total. The molecule has 33 heavy (non-hydrogen) atoms. The Balaban J connectivity index is 1.69. The maximum Gasteiger partial charge on any atom is 0.235 e. The Morgan fingerprint density at radius 2 is 1.64 bits per heavy atom. The summed E-state index contributed by atoms with van der Waals surface area (Å²) in [7, 11) is 0. The summed E-state index contributed by atoms with van der Waals surface area (Å²) in [5, 5.41) is 8.08. The number of hydrogen-bond donors (Lipinski definition) is 1. The molecule has 3 aromatic carbocycles. The van der Waals surface area contributed by atoms with Gasteiger partial charge in [0.2, 0.25) is 5.91 Å². The van der Waals surface area contributed by atoms with E-state index in [1.54, 1.807) is 11.8 Å². The van der Waals surface area contributed by atoms with E-state index in [0.717, 1.165) is 39.6 Å². The van der Waals surface area contributed by atoms with E-state index in [4.69, 9.17) is 9.84 Å². The molecular weight excluding hydrogens is 430 g/mol. The van der Waals surface area contributed by atoms with Gasteiger partial charge in [-0.15, -0.1) is 11.8 Å². The molecule has 1 aromatic heterocycles.